The van der Waals surface area contributed by atoms with Crippen molar-refractivity contribution in [2.45, 2.75) is 0 Å². The van der Waals surface area contributed by atoms with Crippen molar-refractivity contribution in [3.63, 3.8) is 0 Å². The van der Waals surface area contributed by atoms with E-state index < -0.39 is 10.7 Å². The number of halogens is 2. The Morgan fingerprint density at radius 1 is 1.45 bits per heavy atom. The Morgan fingerprint density at radius 2 is 2.15 bits per heavy atom. The van der Waals surface area contributed by atoms with E-state index in [2.05, 4.69) is 5.32 Å². The maximum atomic E-state index is 13.4. The zero-order valence-electron chi connectivity index (χ0n) is 11.4. The smallest absolute Gasteiger partial charge is 0.293 e. The normalized spacial score (nSPS) is 10.8. The van der Waals surface area contributed by atoms with Crippen LogP contribution in [0.5, 0.6) is 0 Å². The van der Waals surface area contributed by atoms with Crippen LogP contribution in [0.15, 0.2) is 12.1 Å². The number of nitrogens with zero attached hydrogens (tertiary/aromatic N) is 2. The summed E-state index contributed by atoms with van der Waals surface area (Å²) in [6.45, 7) is 2.17. The average Bonchev–Trinajstić information content (AvgIpc) is 2.36. The number of anilines is 1. The second kappa shape index (κ2) is 8.32. The summed E-state index contributed by atoms with van der Waals surface area (Å²) in [5, 5.41) is 13.7. The second-order valence-corrected chi connectivity index (χ2v) is 5.55. The molecule has 0 heterocycles. The fourth-order valence-corrected chi connectivity index (χ4v) is 1.89. The number of benzene rings is 1. The first-order valence-corrected chi connectivity index (χ1v) is 7.09. The van der Waals surface area contributed by atoms with Gasteiger partial charge in [-0.25, -0.2) is 4.39 Å². The van der Waals surface area contributed by atoms with Gasteiger partial charge in [0.05, 0.1) is 21.7 Å². The molecule has 0 bridgehead atoms. The molecule has 20 heavy (non-hydrogen) atoms. The van der Waals surface area contributed by atoms with Gasteiger partial charge in [0.1, 0.15) is 11.5 Å². The minimum atomic E-state index is -0.531. The molecule has 0 atom stereocenters. The molecule has 0 saturated carbocycles. The van der Waals surface area contributed by atoms with Gasteiger partial charge < -0.3 is 15.0 Å². The van der Waals surface area contributed by atoms with Gasteiger partial charge in [-0.3, -0.25) is 10.1 Å². The summed E-state index contributed by atoms with van der Waals surface area (Å²) in [5.74, 6) is -0.479. The lowest BCUT2D eigenvalue weighted by molar-refractivity contribution is -0.384. The molecule has 0 amide bonds. The Kier molecular flexibility index (Phi) is 7.10. The third kappa shape index (κ3) is 5.55. The highest BCUT2D eigenvalue weighted by molar-refractivity contribution is 14.1. The van der Waals surface area contributed by atoms with E-state index in [0.717, 1.165) is 12.6 Å². The monoisotopic (exact) mass is 397 g/mol. The molecule has 8 heteroatoms. The van der Waals surface area contributed by atoms with Crippen LogP contribution in [-0.4, -0.2) is 50.2 Å². The molecule has 1 rings (SSSR count). The Morgan fingerprint density at radius 3 is 2.75 bits per heavy atom. The van der Waals surface area contributed by atoms with E-state index in [-0.39, 0.29) is 14.9 Å². The van der Waals surface area contributed by atoms with E-state index in [4.69, 9.17) is 4.74 Å². The maximum Gasteiger partial charge on any atom is 0.293 e. The van der Waals surface area contributed by atoms with Crippen LogP contribution in [-0.2, 0) is 4.74 Å². The number of ether oxygens (including phenoxy) is 1. The van der Waals surface area contributed by atoms with E-state index in [1.54, 1.807) is 22.6 Å². The van der Waals surface area contributed by atoms with Crippen LogP contribution in [0, 0.1) is 19.5 Å². The molecule has 0 aliphatic carbocycles. The first-order chi connectivity index (χ1) is 9.41. The van der Waals surface area contributed by atoms with Crippen molar-refractivity contribution in [3.8, 4) is 0 Å². The summed E-state index contributed by atoms with van der Waals surface area (Å²) in [6, 6.07) is 2.35. The molecule has 1 aromatic carbocycles. The molecule has 6 nitrogen and oxygen atoms in total. The molecule has 0 saturated heterocycles. The summed E-state index contributed by atoms with van der Waals surface area (Å²) in [7, 11) is 3.89. The largest absolute Gasteiger partial charge is 0.378 e. The first-order valence-electron chi connectivity index (χ1n) is 6.01. The minimum absolute atomic E-state index is 0.135. The lowest BCUT2D eigenvalue weighted by Gasteiger charge is -2.11. The van der Waals surface area contributed by atoms with Gasteiger partial charge in [-0.1, -0.05) is 0 Å². The van der Waals surface area contributed by atoms with Crippen molar-refractivity contribution in [2.24, 2.45) is 0 Å². The van der Waals surface area contributed by atoms with Gasteiger partial charge in [-0.05, 0) is 36.7 Å². The second-order valence-electron chi connectivity index (χ2n) is 4.38. The Labute approximate surface area is 130 Å². The van der Waals surface area contributed by atoms with Crippen molar-refractivity contribution in [3.05, 3.63) is 31.6 Å². The number of hydrogen-bond acceptors (Lipinski definition) is 5. The van der Waals surface area contributed by atoms with Gasteiger partial charge in [0.15, 0.2) is 0 Å². The van der Waals surface area contributed by atoms with E-state index >= 15 is 0 Å². The van der Waals surface area contributed by atoms with Crippen LogP contribution in [0.25, 0.3) is 0 Å². The van der Waals surface area contributed by atoms with Crippen LogP contribution in [0.1, 0.15) is 0 Å². The highest BCUT2D eigenvalue weighted by Gasteiger charge is 2.17. The van der Waals surface area contributed by atoms with Gasteiger partial charge in [0.25, 0.3) is 5.69 Å². The highest BCUT2D eigenvalue weighted by atomic mass is 127. The van der Waals surface area contributed by atoms with Gasteiger partial charge >= 0.3 is 0 Å². The quantitative estimate of drug-likeness (QED) is 0.316. The summed E-state index contributed by atoms with van der Waals surface area (Å²) < 4.78 is 19.0. The fourth-order valence-electron chi connectivity index (χ4n) is 1.44. The number of nitro groups is 1. The first kappa shape index (κ1) is 17.1. The Hall–Kier alpha value is -1.00. The van der Waals surface area contributed by atoms with Gasteiger partial charge in [-0.15, -0.1) is 0 Å². The van der Waals surface area contributed by atoms with Crippen molar-refractivity contribution in [1.29, 1.82) is 0 Å². The zero-order valence-corrected chi connectivity index (χ0v) is 13.5. The topological polar surface area (TPSA) is 67.6 Å². The zero-order chi connectivity index (χ0) is 15.1. The molecular weight excluding hydrogens is 380 g/mol. The number of nitro benzene ring substituents is 1. The maximum absolute atomic E-state index is 13.4. The number of rotatable bonds is 8. The Balaban J connectivity index is 2.51. The van der Waals surface area contributed by atoms with Crippen molar-refractivity contribution < 1.29 is 14.1 Å². The van der Waals surface area contributed by atoms with Crippen molar-refractivity contribution >= 4 is 34.0 Å². The van der Waals surface area contributed by atoms with Crippen LogP contribution < -0.4 is 5.32 Å². The number of likely N-dealkylation sites (N-methyl/N-ethyl adjacent to an activating group) is 1. The number of nitrogens with one attached hydrogen (secondary N) is 1. The SMILES string of the molecule is CN(C)CCOCCNc1cc(F)c(I)cc1[N+](=O)[O-]. The lowest BCUT2D eigenvalue weighted by Crippen LogP contribution is -2.20. The summed E-state index contributed by atoms with van der Waals surface area (Å²) in [6.07, 6.45) is 0. The molecule has 0 aliphatic rings. The highest BCUT2D eigenvalue weighted by Crippen LogP contribution is 2.28. The fraction of sp³-hybridized carbons (Fsp3) is 0.500. The molecule has 0 spiro atoms. The molecule has 0 aromatic heterocycles. The van der Waals surface area contributed by atoms with Crippen LogP contribution >= 0.6 is 22.6 Å². The molecule has 112 valence electrons. The minimum Gasteiger partial charge on any atom is -0.378 e. The summed E-state index contributed by atoms with van der Waals surface area (Å²) >= 11 is 1.73. The van der Waals surface area contributed by atoms with Crippen LogP contribution in [0.2, 0.25) is 0 Å². The van der Waals surface area contributed by atoms with Gasteiger partial charge in [0.2, 0.25) is 0 Å². The van der Waals surface area contributed by atoms with E-state index in [1.807, 2.05) is 19.0 Å². The van der Waals surface area contributed by atoms with E-state index in [9.17, 15) is 14.5 Å². The lowest BCUT2D eigenvalue weighted by atomic mass is 10.2. The summed E-state index contributed by atoms with van der Waals surface area (Å²) in [4.78, 5) is 12.4. The molecule has 0 aliphatic heterocycles. The third-order valence-corrected chi connectivity index (χ3v) is 3.31. The van der Waals surface area contributed by atoms with Gasteiger partial charge in [0, 0.05) is 25.2 Å². The van der Waals surface area contributed by atoms with Crippen LogP contribution in [0.3, 0.4) is 0 Å². The van der Waals surface area contributed by atoms with E-state index in [0.29, 0.717) is 19.8 Å². The Bertz CT molecular complexity index is 472. The number of hydrogen-bond donors (Lipinski definition) is 1. The predicted molar refractivity (Wildman–Crippen MR) is 83.6 cm³/mol. The average molecular weight is 397 g/mol. The molecule has 1 aromatic rings. The molecule has 1 N–H and O–H groups in total. The van der Waals surface area contributed by atoms with Crippen molar-refractivity contribution in [1.82, 2.24) is 4.90 Å². The molecular formula is C12H17FIN3O3. The molecule has 0 unspecified atom stereocenters. The van der Waals surface area contributed by atoms with Crippen LogP contribution in [0.4, 0.5) is 15.8 Å². The molecule has 0 fully saturated rings. The van der Waals surface area contributed by atoms with E-state index in [1.165, 1.54) is 6.07 Å². The standard InChI is InChI=1S/C12H17FIN3O3/c1-16(2)4-6-20-5-3-15-11-7-9(13)10(14)8-12(11)17(18)19/h7-8,15H,3-6H2,1-2H3. The third-order valence-electron chi connectivity index (χ3n) is 2.48. The molecule has 0 radical (unpaired) electrons. The summed E-state index contributed by atoms with van der Waals surface area (Å²) in [5.41, 5.74) is 0.0354. The predicted octanol–water partition coefficient (Wildman–Crippen LogP) is 2.33. The van der Waals surface area contributed by atoms with Crippen molar-refractivity contribution in [2.75, 3.05) is 45.7 Å². The van der Waals surface area contributed by atoms with Gasteiger partial charge in [-0.2, -0.15) is 0 Å².